The topological polar surface area (TPSA) is 74.5 Å². The van der Waals surface area contributed by atoms with Gasteiger partial charge in [0.05, 0.1) is 17.6 Å². The fourth-order valence-corrected chi connectivity index (χ4v) is 3.48. The van der Waals surface area contributed by atoms with Crippen LogP contribution in [0.25, 0.3) is 17.0 Å². The van der Waals surface area contributed by atoms with Gasteiger partial charge in [0.2, 0.25) is 0 Å². The molecule has 0 aliphatic carbocycles. The number of aliphatic hydroxyl groups is 1. The van der Waals surface area contributed by atoms with Gasteiger partial charge in [-0.25, -0.2) is 14.4 Å². The summed E-state index contributed by atoms with van der Waals surface area (Å²) in [5.74, 6) is -0.437. The van der Waals surface area contributed by atoms with E-state index in [4.69, 9.17) is 0 Å². The number of piperidine rings is 1. The van der Waals surface area contributed by atoms with Crippen LogP contribution < -0.4 is 10.6 Å². The van der Waals surface area contributed by atoms with E-state index in [1.54, 1.807) is 0 Å². The molecule has 3 N–H and O–H groups in total. The van der Waals surface area contributed by atoms with Crippen LogP contribution in [0.4, 0.5) is 23.4 Å². The number of aromatic nitrogens is 3. The van der Waals surface area contributed by atoms with Gasteiger partial charge in [0.15, 0.2) is 17.2 Å². The minimum absolute atomic E-state index is 0.0340. The average Bonchev–Trinajstić information content (AvgIpc) is 3.13. The lowest BCUT2D eigenvalue weighted by atomic mass is 9.97. The van der Waals surface area contributed by atoms with Gasteiger partial charge in [-0.1, -0.05) is 6.07 Å². The number of nitrogens with one attached hydrogen (secondary N) is 2. The van der Waals surface area contributed by atoms with E-state index < -0.39 is 17.6 Å². The fraction of sp³-hybridized carbons (Fsp3) is 0.400. The maximum atomic E-state index is 14.3. The summed E-state index contributed by atoms with van der Waals surface area (Å²) in [6, 6.07) is 5.30. The predicted molar refractivity (Wildman–Crippen MR) is 104 cm³/mol. The maximum absolute atomic E-state index is 14.3. The lowest BCUT2D eigenvalue weighted by molar-refractivity contribution is -0.259. The Balaban J connectivity index is 1.72. The highest BCUT2D eigenvalue weighted by molar-refractivity contribution is 5.62. The number of fused-ring (bicyclic) bond motifs is 1. The molecule has 4 heterocycles. The summed E-state index contributed by atoms with van der Waals surface area (Å²) in [7, 11) is 0. The molecule has 1 saturated heterocycles. The molecule has 1 aliphatic heterocycles. The fourth-order valence-electron chi connectivity index (χ4n) is 3.48. The van der Waals surface area contributed by atoms with Crippen molar-refractivity contribution in [1.29, 1.82) is 0 Å². The van der Waals surface area contributed by atoms with Crippen molar-refractivity contribution < 1.29 is 22.7 Å². The molecule has 0 amide bonds. The molecule has 2 atom stereocenters. The van der Waals surface area contributed by atoms with Gasteiger partial charge in [-0.3, -0.25) is 4.40 Å². The van der Waals surface area contributed by atoms with Crippen LogP contribution in [0.15, 0.2) is 36.7 Å². The van der Waals surface area contributed by atoms with E-state index >= 15 is 0 Å². The molecule has 3 aromatic rings. The van der Waals surface area contributed by atoms with Gasteiger partial charge in [0, 0.05) is 24.3 Å². The summed E-state index contributed by atoms with van der Waals surface area (Å²) in [5, 5.41) is 16.3. The average molecular weight is 423 g/mol. The molecule has 4 rings (SSSR count). The Labute approximate surface area is 170 Å². The molecular weight excluding hydrogens is 402 g/mol. The lowest BCUT2D eigenvalue weighted by Gasteiger charge is -2.26. The first kappa shape index (κ1) is 20.5. The number of anilines is 1. The van der Waals surface area contributed by atoms with Crippen LogP contribution in [0.5, 0.6) is 0 Å². The highest BCUT2D eigenvalue weighted by Gasteiger charge is 2.51. The molecule has 1 fully saturated rings. The highest BCUT2D eigenvalue weighted by Crippen LogP contribution is 2.38. The molecule has 0 spiro atoms. The zero-order chi connectivity index (χ0) is 21.5. The summed E-state index contributed by atoms with van der Waals surface area (Å²) < 4.78 is 55.4. The minimum Gasteiger partial charge on any atom is -0.376 e. The third kappa shape index (κ3) is 3.72. The summed E-state index contributed by atoms with van der Waals surface area (Å²) in [5.41, 5.74) is -2.26. The molecular formula is C20H21F4N5O. The van der Waals surface area contributed by atoms with Gasteiger partial charge in [0.25, 0.3) is 0 Å². The van der Waals surface area contributed by atoms with Crippen LogP contribution in [0.3, 0.4) is 0 Å². The number of rotatable bonds is 4. The third-order valence-electron chi connectivity index (χ3n) is 5.37. The largest absolute Gasteiger partial charge is 0.421 e. The van der Waals surface area contributed by atoms with Crippen molar-refractivity contribution in [3.8, 4) is 11.4 Å². The first-order chi connectivity index (χ1) is 14.2. The van der Waals surface area contributed by atoms with Gasteiger partial charge in [-0.05, 0) is 44.5 Å². The van der Waals surface area contributed by atoms with E-state index in [1.165, 1.54) is 41.1 Å². The summed E-state index contributed by atoms with van der Waals surface area (Å²) in [6.07, 6.45) is -0.374. The Bertz CT molecular complexity index is 1060. The van der Waals surface area contributed by atoms with Crippen molar-refractivity contribution in [2.24, 2.45) is 0 Å². The van der Waals surface area contributed by atoms with Crippen molar-refractivity contribution in [2.75, 3.05) is 18.4 Å². The Morgan fingerprint density at radius 2 is 2.03 bits per heavy atom. The molecule has 0 aromatic carbocycles. The first-order valence-corrected chi connectivity index (χ1v) is 9.57. The van der Waals surface area contributed by atoms with Gasteiger partial charge in [0.1, 0.15) is 5.65 Å². The Morgan fingerprint density at radius 1 is 1.23 bits per heavy atom. The molecule has 160 valence electrons. The van der Waals surface area contributed by atoms with Gasteiger partial charge in [-0.2, -0.15) is 13.2 Å². The van der Waals surface area contributed by atoms with E-state index in [1.807, 2.05) is 0 Å². The quantitative estimate of drug-likeness (QED) is 0.561. The molecule has 0 radical (unpaired) electrons. The minimum atomic E-state index is -4.85. The predicted octanol–water partition coefficient (Wildman–Crippen LogP) is 3.47. The van der Waals surface area contributed by atoms with Crippen LogP contribution in [-0.2, 0) is 5.60 Å². The Morgan fingerprint density at radius 3 is 2.73 bits per heavy atom. The van der Waals surface area contributed by atoms with Crippen LogP contribution in [0.2, 0.25) is 0 Å². The standard InChI is InChI=1S/C20H21F4N5O/c1-19(30,20(22,23)24)12-4-7-17-26-10-16(29(17)11-12)15-6-5-14(21)18(28-15)27-13-3-2-8-25-9-13/h4-7,10-11,13,25,30H,2-3,8-9H2,1H3,(H,27,28)/t13-,19+/m1/s1. The Kier molecular flexibility index (Phi) is 5.15. The third-order valence-corrected chi connectivity index (χ3v) is 5.37. The van der Waals surface area contributed by atoms with E-state index in [9.17, 15) is 22.7 Å². The number of halogens is 4. The van der Waals surface area contributed by atoms with Crippen molar-refractivity contribution in [2.45, 2.75) is 37.6 Å². The number of pyridine rings is 2. The summed E-state index contributed by atoms with van der Waals surface area (Å²) in [6.45, 7) is 2.30. The molecule has 6 nitrogen and oxygen atoms in total. The number of alkyl halides is 3. The van der Waals surface area contributed by atoms with E-state index in [0.29, 0.717) is 30.5 Å². The second-order valence-electron chi connectivity index (χ2n) is 7.57. The van der Waals surface area contributed by atoms with Crippen molar-refractivity contribution in [3.63, 3.8) is 0 Å². The highest BCUT2D eigenvalue weighted by atomic mass is 19.4. The second-order valence-corrected chi connectivity index (χ2v) is 7.57. The van der Waals surface area contributed by atoms with Crippen LogP contribution >= 0.6 is 0 Å². The Hall–Kier alpha value is -2.72. The maximum Gasteiger partial charge on any atom is 0.421 e. The molecule has 0 unspecified atom stereocenters. The van der Waals surface area contributed by atoms with Crippen LogP contribution in [-0.4, -0.2) is 44.8 Å². The zero-order valence-corrected chi connectivity index (χ0v) is 16.2. The van der Waals surface area contributed by atoms with E-state index in [2.05, 4.69) is 20.6 Å². The van der Waals surface area contributed by atoms with Gasteiger partial charge in [-0.15, -0.1) is 0 Å². The monoisotopic (exact) mass is 423 g/mol. The molecule has 3 aromatic heterocycles. The van der Waals surface area contributed by atoms with Crippen molar-refractivity contribution in [3.05, 3.63) is 48.0 Å². The normalized spacial score (nSPS) is 19.6. The zero-order valence-electron chi connectivity index (χ0n) is 16.2. The molecule has 0 bridgehead atoms. The second kappa shape index (κ2) is 7.51. The van der Waals surface area contributed by atoms with Gasteiger partial charge >= 0.3 is 6.18 Å². The van der Waals surface area contributed by atoms with E-state index in [-0.39, 0.29) is 17.4 Å². The summed E-state index contributed by atoms with van der Waals surface area (Å²) in [4.78, 5) is 8.52. The number of hydrogen-bond acceptors (Lipinski definition) is 5. The van der Waals surface area contributed by atoms with Crippen molar-refractivity contribution >= 4 is 11.5 Å². The van der Waals surface area contributed by atoms with Gasteiger partial charge < -0.3 is 15.7 Å². The first-order valence-electron chi connectivity index (χ1n) is 9.57. The molecule has 0 saturated carbocycles. The van der Waals surface area contributed by atoms with Crippen LogP contribution in [0, 0.1) is 5.82 Å². The molecule has 10 heteroatoms. The number of nitrogens with zero attached hydrogens (tertiary/aromatic N) is 3. The number of hydrogen-bond donors (Lipinski definition) is 3. The van der Waals surface area contributed by atoms with E-state index in [0.717, 1.165) is 19.4 Å². The lowest BCUT2D eigenvalue weighted by Crippen LogP contribution is -2.39. The smallest absolute Gasteiger partial charge is 0.376 e. The molecule has 30 heavy (non-hydrogen) atoms. The van der Waals surface area contributed by atoms with Crippen LogP contribution in [0.1, 0.15) is 25.3 Å². The van der Waals surface area contributed by atoms with Crippen molar-refractivity contribution in [1.82, 2.24) is 19.7 Å². The molecule has 1 aliphatic rings. The number of imidazole rings is 1. The SMILES string of the molecule is C[C@](O)(c1ccc2ncc(-c3ccc(F)c(N[C@@H]4CCCNC4)n3)n2c1)C(F)(F)F. The summed E-state index contributed by atoms with van der Waals surface area (Å²) >= 11 is 0.